The van der Waals surface area contributed by atoms with E-state index in [1.54, 1.807) is 30.3 Å². The highest BCUT2D eigenvalue weighted by Crippen LogP contribution is 2.36. The molecule has 0 aliphatic carbocycles. The van der Waals surface area contributed by atoms with E-state index in [1.807, 2.05) is 0 Å². The fourth-order valence-corrected chi connectivity index (χ4v) is 3.90. The molecule has 0 fully saturated rings. The normalized spacial score (nSPS) is 13.4. The van der Waals surface area contributed by atoms with Crippen LogP contribution in [0.4, 0.5) is 30.7 Å². The van der Waals surface area contributed by atoms with Crippen LogP contribution in [0.15, 0.2) is 85.1 Å². The maximum absolute atomic E-state index is 13.0. The van der Waals surface area contributed by atoms with E-state index in [-0.39, 0.29) is 18.5 Å². The topological polar surface area (TPSA) is 56.5 Å². The summed E-state index contributed by atoms with van der Waals surface area (Å²) >= 11 is 0. The Kier molecular flexibility index (Phi) is 9.62. The first kappa shape index (κ1) is 28.8. The van der Waals surface area contributed by atoms with Crippen molar-refractivity contribution in [3.05, 3.63) is 107 Å². The number of hydrogen-bond acceptors (Lipinski definition) is 4. The lowest BCUT2D eigenvalue weighted by molar-refractivity contribution is -0.137. The van der Waals surface area contributed by atoms with Crippen LogP contribution in [-0.4, -0.2) is 13.2 Å². The summed E-state index contributed by atoms with van der Waals surface area (Å²) in [4.78, 5) is 0. The fourth-order valence-electron chi connectivity index (χ4n) is 3.90. The molecule has 2 atom stereocenters. The van der Waals surface area contributed by atoms with E-state index < -0.39 is 48.5 Å². The Morgan fingerprint density at radius 3 is 1.97 bits per heavy atom. The second-order valence-electron chi connectivity index (χ2n) is 8.33. The first-order valence-electron chi connectivity index (χ1n) is 11.4. The zero-order chi connectivity index (χ0) is 27.9. The van der Waals surface area contributed by atoms with Gasteiger partial charge in [0.2, 0.25) is 0 Å². The summed E-state index contributed by atoms with van der Waals surface area (Å²) < 4.78 is 99.1. The summed E-state index contributed by atoms with van der Waals surface area (Å²) in [5, 5.41) is 3.30. The molecule has 3 rings (SSSR count). The molecule has 0 heterocycles. The third kappa shape index (κ3) is 8.14. The minimum Gasteiger partial charge on any atom is -0.431 e. The van der Waals surface area contributed by atoms with Gasteiger partial charge in [-0.05, 0) is 53.8 Å². The highest BCUT2D eigenvalue weighted by atomic mass is 19.4. The third-order valence-electron chi connectivity index (χ3n) is 5.68. The molecular weight excluding hydrogens is 517 g/mol. The fraction of sp³-hybridized carbons (Fsp3) is 0.259. The molecule has 38 heavy (non-hydrogen) atoms. The van der Waals surface area contributed by atoms with Crippen LogP contribution in [-0.2, 0) is 12.6 Å². The van der Waals surface area contributed by atoms with E-state index in [4.69, 9.17) is 5.73 Å². The van der Waals surface area contributed by atoms with E-state index in [1.165, 1.54) is 18.2 Å². The van der Waals surface area contributed by atoms with Crippen molar-refractivity contribution in [3.63, 3.8) is 0 Å². The van der Waals surface area contributed by atoms with Crippen molar-refractivity contribution in [2.75, 3.05) is 0 Å². The van der Waals surface area contributed by atoms with Gasteiger partial charge in [-0.25, -0.2) is 0 Å². The van der Waals surface area contributed by atoms with Gasteiger partial charge in [0, 0.05) is 11.7 Å². The first-order valence-corrected chi connectivity index (χ1v) is 11.4. The van der Waals surface area contributed by atoms with Gasteiger partial charge in [-0.15, -0.1) is 0 Å². The minimum atomic E-state index is -4.48. The van der Waals surface area contributed by atoms with Gasteiger partial charge in [-0.1, -0.05) is 55.1 Å². The monoisotopic (exact) mass is 542 g/mol. The molecule has 0 saturated heterocycles. The molecule has 0 amide bonds. The predicted molar refractivity (Wildman–Crippen MR) is 128 cm³/mol. The van der Waals surface area contributed by atoms with E-state index in [0.717, 1.165) is 29.8 Å². The van der Waals surface area contributed by atoms with Crippen molar-refractivity contribution in [1.82, 2.24) is 5.32 Å². The molecule has 0 unspecified atom stereocenters. The van der Waals surface area contributed by atoms with Crippen LogP contribution in [0.3, 0.4) is 0 Å². The molecule has 3 N–H and O–H groups in total. The van der Waals surface area contributed by atoms with Crippen LogP contribution < -0.4 is 20.5 Å². The lowest BCUT2D eigenvalue weighted by Gasteiger charge is -2.27. The Morgan fingerprint density at radius 2 is 1.42 bits per heavy atom. The molecule has 0 bridgehead atoms. The second kappa shape index (κ2) is 12.7. The highest BCUT2D eigenvalue weighted by Gasteiger charge is 2.30. The number of aryl methyl sites for hydroxylation is 1. The highest BCUT2D eigenvalue weighted by molar-refractivity contribution is 5.44. The van der Waals surface area contributed by atoms with Crippen LogP contribution in [0.2, 0.25) is 0 Å². The molecule has 4 nitrogen and oxygen atoms in total. The summed E-state index contributed by atoms with van der Waals surface area (Å²) in [7, 11) is 0. The quantitative estimate of drug-likeness (QED) is 0.235. The van der Waals surface area contributed by atoms with Crippen LogP contribution in [0, 0.1) is 0 Å². The van der Waals surface area contributed by atoms with Crippen molar-refractivity contribution >= 4 is 0 Å². The Balaban J connectivity index is 1.95. The van der Waals surface area contributed by atoms with Gasteiger partial charge in [0.05, 0.1) is 11.6 Å². The maximum atomic E-state index is 13.0. The number of alkyl halides is 7. The molecule has 0 aromatic heterocycles. The Morgan fingerprint density at radius 1 is 0.816 bits per heavy atom. The van der Waals surface area contributed by atoms with Gasteiger partial charge in [0.15, 0.2) is 11.5 Å². The summed E-state index contributed by atoms with van der Waals surface area (Å²) in [6.07, 6.45) is -3.92. The Hall–Kier alpha value is -3.73. The van der Waals surface area contributed by atoms with E-state index in [2.05, 4.69) is 21.4 Å². The lowest BCUT2D eigenvalue weighted by Crippen LogP contribution is -2.30. The number of benzene rings is 3. The van der Waals surface area contributed by atoms with Gasteiger partial charge in [-0.2, -0.15) is 30.7 Å². The molecule has 0 saturated carbocycles. The molecule has 0 aliphatic rings. The van der Waals surface area contributed by atoms with Crippen molar-refractivity contribution in [3.8, 4) is 11.5 Å². The number of hydrogen-bond donors (Lipinski definition) is 2. The number of nitrogens with two attached hydrogens (primary N) is 1. The van der Waals surface area contributed by atoms with E-state index >= 15 is 0 Å². The van der Waals surface area contributed by atoms with Gasteiger partial charge >= 0.3 is 19.4 Å². The van der Waals surface area contributed by atoms with Crippen LogP contribution in [0.25, 0.3) is 0 Å². The van der Waals surface area contributed by atoms with Crippen molar-refractivity contribution in [2.24, 2.45) is 5.73 Å². The molecule has 11 heteroatoms. The lowest BCUT2D eigenvalue weighted by atomic mass is 9.95. The molecule has 204 valence electrons. The van der Waals surface area contributed by atoms with Gasteiger partial charge < -0.3 is 15.2 Å². The average Bonchev–Trinajstić information content (AvgIpc) is 2.85. The van der Waals surface area contributed by atoms with Crippen LogP contribution >= 0.6 is 0 Å². The minimum absolute atomic E-state index is 0.248. The van der Waals surface area contributed by atoms with Crippen molar-refractivity contribution in [1.29, 1.82) is 0 Å². The number of rotatable bonds is 12. The number of nitrogens with one attached hydrogen (secondary N) is 1. The molecular formula is C27H25F7N2O2. The standard InChI is InChI=1S/C27H25F7N2O2/c1-16(35)24(18-5-3-2-4-6-18)36-21(13-9-17-7-11-20(12-8-17)27(32,33)34)19-10-14-22(37-25(28)29)23(15-19)38-26(30)31/h2-8,10-12,14-15,21,24-26,36H,1,9,13,35H2/t21-,24-/m1/s1. The second-order valence-corrected chi connectivity index (χ2v) is 8.33. The summed E-state index contributed by atoms with van der Waals surface area (Å²) in [6.45, 7) is -2.75. The summed E-state index contributed by atoms with van der Waals surface area (Å²) in [5.74, 6) is -1.17. The number of ether oxygens (including phenoxy) is 2. The number of halogens is 7. The largest absolute Gasteiger partial charge is 0.431 e. The molecule has 3 aromatic rings. The Bertz CT molecular complexity index is 1190. The summed E-state index contributed by atoms with van der Waals surface area (Å²) in [6, 6.07) is 16.0. The zero-order valence-corrected chi connectivity index (χ0v) is 19.9. The molecule has 0 radical (unpaired) electrons. The van der Waals surface area contributed by atoms with Gasteiger partial charge in [0.25, 0.3) is 0 Å². The Labute approximate surface area is 214 Å². The van der Waals surface area contributed by atoms with Crippen LogP contribution in [0.5, 0.6) is 11.5 Å². The maximum Gasteiger partial charge on any atom is 0.416 e. The van der Waals surface area contributed by atoms with Crippen molar-refractivity contribution < 1.29 is 40.2 Å². The van der Waals surface area contributed by atoms with E-state index in [9.17, 15) is 30.7 Å². The molecule has 0 spiro atoms. The third-order valence-corrected chi connectivity index (χ3v) is 5.68. The predicted octanol–water partition coefficient (Wildman–Crippen LogP) is 7.39. The molecule has 3 aromatic carbocycles. The van der Waals surface area contributed by atoms with Crippen molar-refractivity contribution in [2.45, 2.75) is 44.3 Å². The van der Waals surface area contributed by atoms with Gasteiger partial charge in [-0.3, -0.25) is 5.32 Å². The zero-order valence-electron chi connectivity index (χ0n) is 19.9. The van der Waals surface area contributed by atoms with E-state index in [0.29, 0.717) is 11.1 Å². The smallest absolute Gasteiger partial charge is 0.416 e. The summed E-state index contributed by atoms with van der Waals surface area (Å²) in [5.41, 5.74) is 7.22. The average molecular weight is 542 g/mol. The van der Waals surface area contributed by atoms with Crippen LogP contribution in [0.1, 0.15) is 40.8 Å². The SMILES string of the molecule is C=C(N)[C@@H](N[C@H](CCc1ccc(C(F)(F)F)cc1)c1ccc(OC(F)F)c(OC(F)F)c1)c1ccccc1. The molecule has 0 aliphatic heterocycles. The van der Waals surface area contributed by atoms with Gasteiger partial charge in [0.1, 0.15) is 0 Å². The first-order chi connectivity index (χ1) is 17.9.